The van der Waals surface area contributed by atoms with Crippen molar-refractivity contribution in [2.24, 2.45) is 0 Å². The van der Waals surface area contributed by atoms with E-state index >= 15 is 0 Å². The summed E-state index contributed by atoms with van der Waals surface area (Å²) < 4.78 is 0. The second kappa shape index (κ2) is 12.1. The standard InChI is InChI=1S/C25H32Cl2N2O2/c1-5-7-13-28-25(31)23(6-2)29(16-20-21(26)9-8-10-22(20)27)24(30)15-19-14-17(3)11-12-18(19)4/h8-12,14,23H,5-7,13,15-16H2,1-4H3,(H,28,31)/t23-/m0/s1. The lowest BCUT2D eigenvalue weighted by Gasteiger charge is -2.31. The van der Waals surface area contributed by atoms with Gasteiger partial charge in [0.25, 0.3) is 0 Å². The number of hydrogen-bond acceptors (Lipinski definition) is 2. The molecule has 6 heteroatoms. The van der Waals surface area contributed by atoms with Crippen molar-refractivity contribution in [3.8, 4) is 0 Å². The van der Waals surface area contributed by atoms with E-state index in [-0.39, 0.29) is 24.8 Å². The molecule has 0 spiro atoms. The van der Waals surface area contributed by atoms with Gasteiger partial charge in [-0.2, -0.15) is 0 Å². The average molecular weight is 463 g/mol. The number of halogens is 2. The predicted octanol–water partition coefficient (Wildman–Crippen LogP) is 5.88. The summed E-state index contributed by atoms with van der Waals surface area (Å²) in [5, 5.41) is 3.94. The number of unbranched alkanes of at least 4 members (excludes halogenated alkanes) is 1. The molecule has 2 aromatic rings. The first kappa shape index (κ1) is 25.2. The number of hydrogen-bond donors (Lipinski definition) is 1. The molecule has 168 valence electrons. The molecule has 4 nitrogen and oxygen atoms in total. The Kier molecular flexibility index (Phi) is 9.86. The number of carbonyl (C=O) groups is 2. The molecule has 0 heterocycles. The summed E-state index contributed by atoms with van der Waals surface area (Å²) in [4.78, 5) is 28.1. The summed E-state index contributed by atoms with van der Waals surface area (Å²) in [5.41, 5.74) is 3.76. The van der Waals surface area contributed by atoms with Crippen LogP contribution < -0.4 is 5.32 Å². The highest BCUT2D eigenvalue weighted by Gasteiger charge is 2.29. The van der Waals surface area contributed by atoms with Crippen LogP contribution in [0.25, 0.3) is 0 Å². The minimum atomic E-state index is -0.596. The molecule has 1 atom stereocenters. The van der Waals surface area contributed by atoms with E-state index in [0.29, 0.717) is 28.6 Å². The van der Waals surface area contributed by atoms with Crippen molar-refractivity contribution >= 4 is 35.0 Å². The maximum atomic E-state index is 13.5. The van der Waals surface area contributed by atoms with Gasteiger partial charge in [0.05, 0.1) is 6.42 Å². The van der Waals surface area contributed by atoms with Crippen molar-refractivity contribution < 1.29 is 9.59 Å². The Balaban J connectivity index is 2.36. The van der Waals surface area contributed by atoms with Gasteiger partial charge in [-0.3, -0.25) is 9.59 Å². The van der Waals surface area contributed by atoms with Gasteiger partial charge in [0.2, 0.25) is 11.8 Å². The SMILES string of the molecule is CCCCNC(=O)[C@H](CC)N(Cc1c(Cl)cccc1Cl)C(=O)Cc1cc(C)ccc1C. The van der Waals surface area contributed by atoms with Crippen LogP contribution in [0.1, 0.15) is 55.4 Å². The van der Waals surface area contributed by atoms with Gasteiger partial charge in [0, 0.05) is 28.7 Å². The second-order valence-electron chi connectivity index (χ2n) is 7.90. The van der Waals surface area contributed by atoms with Crippen LogP contribution in [0.4, 0.5) is 0 Å². The maximum Gasteiger partial charge on any atom is 0.242 e. The topological polar surface area (TPSA) is 49.4 Å². The van der Waals surface area contributed by atoms with Crippen molar-refractivity contribution in [2.75, 3.05) is 6.54 Å². The molecule has 0 saturated carbocycles. The van der Waals surface area contributed by atoms with Crippen molar-refractivity contribution in [1.29, 1.82) is 0 Å². The van der Waals surface area contributed by atoms with Crippen LogP contribution in [0, 0.1) is 13.8 Å². The molecule has 1 N–H and O–H groups in total. The van der Waals surface area contributed by atoms with Crippen molar-refractivity contribution in [2.45, 2.75) is 66.0 Å². The van der Waals surface area contributed by atoms with E-state index in [0.717, 1.165) is 29.5 Å². The Bertz CT molecular complexity index is 894. The molecule has 0 aliphatic rings. The number of nitrogens with zero attached hydrogens (tertiary/aromatic N) is 1. The lowest BCUT2D eigenvalue weighted by molar-refractivity contribution is -0.140. The average Bonchev–Trinajstić information content (AvgIpc) is 2.72. The fourth-order valence-corrected chi connectivity index (χ4v) is 4.05. The van der Waals surface area contributed by atoms with Crippen LogP contribution in [0.3, 0.4) is 0 Å². The van der Waals surface area contributed by atoms with Crippen LogP contribution >= 0.6 is 23.2 Å². The zero-order valence-electron chi connectivity index (χ0n) is 18.8. The quantitative estimate of drug-likeness (QED) is 0.448. The Hall–Kier alpha value is -2.04. The van der Waals surface area contributed by atoms with Gasteiger partial charge in [0.15, 0.2) is 0 Å². The highest BCUT2D eigenvalue weighted by molar-refractivity contribution is 6.36. The molecular formula is C25H32Cl2N2O2. The third-order valence-electron chi connectivity index (χ3n) is 5.45. The highest BCUT2D eigenvalue weighted by atomic mass is 35.5. The molecular weight excluding hydrogens is 431 g/mol. The van der Waals surface area contributed by atoms with Gasteiger partial charge >= 0.3 is 0 Å². The minimum absolute atomic E-state index is 0.123. The lowest BCUT2D eigenvalue weighted by atomic mass is 10.0. The summed E-state index contributed by atoms with van der Waals surface area (Å²) in [6.07, 6.45) is 2.60. The molecule has 0 unspecified atom stereocenters. The zero-order chi connectivity index (χ0) is 23.0. The van der Waals surface area contributed by atoms with Crippen molar-refractivity contribution in [3.63, 3.8) is 0 Å². The summed E-state index contributed by atoms with van der Waals surface area (Å²) >= 11 is 12.8. The Morgan fingerprint density at radius 2 is 1.74 bits per heavy atom. The van der Waals surface area contributed by atoms with Crippen LogP contribution in [-0.4, -0.2) is 29.3 Å². The molecule has 0 aliphatic carbocycles. The number of nitrogens with one attached hydrogen (secondary N) is 1. The number of aryl methyl sites for hydroxylation is 2. The van der Waals surface area contributed by atoms with E-state index in [4.69, 9.17) is 23.2 Å². The first-order valence-electron chi connectivity index (χ1n) is 10.8. The van der Waals surface area contributed by atoms with Gasteiger partial charge in [-0.25, -0.2) is 0 Å². The first-order valence-corrected chi connectivity index (χ1v) is 11.6. The molecule has 0 aliphatic heterocycles. The van der Waals surface area contributed by atoms with E-state index in [9.17, 15) is 9.59 Å². The third-order valence-corrected chi connectivity index (χ3v) is 6.16. The summed E-state index contributed by atoms with van der Waals surface area (Å²) in [5.74, 6) is -0.268. The maximum absolute atomic E-state index is 13.5. The van der Waals surface area contributed by atoms with E-state index in [1.54, 1.807) is 23.1 Å². The molecule has 2 amide bonds. The number of rotatable bonds is 10. The number of carbonyl (C=O) groups excluding carboxylic acids is 2. The molecule has 2 aromatic carbocycles. The zero-order valence-corrected chi connectivity index (χ0v) is 20.3. The van der Waals surface area contributed by atoms with E-state index in [1.807, 2.05) is 39.0 Å². The van der Waals surface area contributed by atoms with E-state index < -0.39 is 6.04 Å². The van der Waals surface area contributed by atoms with Crippen molar-refractivity contribution in [1.82, 2.24) is 10.2 Å². The summed E-state index contributed by atoms with van der Waals surface area (Å²) in [7, 11) is 0. The monoisotopic (exact) mass is 462 g/mol. The van der Waals surface area contributed by atoms with Gasteiger partial charge in [-0.05, 0) is 49.9 Å². The Labute approximate surface area is 195 Å². The molecule has 0 bridgehead atoms. The van der Waals surface area contributed by atoms with Crippen LogP contribution in [0.15, 0.2) is 36.4 Å². The Morgan fingerprint density at radius 1 is 1.06 bits per heavy atom. The molecule has 0 saturated heterocycles. The minimum Gasteiger partial charge on any atom is -0.354 e. The van der Waals surface area contributed by atoms with Gasteiger partial charge in [-0.1, -0.05) is 73.3 Å². The molecule has 2 rings (SSSR count). The van der Waals surface area contributed by atoms with E-state index in [1.165, 1.54) is 0 Å². The van der Waals surface area contributed by atoms with Crippen LogP contribution in [0.5, 0.6) is 0 Å². The largest absolute Gasteiger partial charge is 0.354 e. The fourth-order valence-electron chi connectivity index (χ4n) is 3.53. The van der Waals surface area contributed by atoms with Crippen LogP contribution in [0.2, 0.25) is 10.0 Å². The third kappa shape index (κ3) is 6.98. The molecule has 0 aromatic heterocycles. The van der Waals surface area contributed by atoms with Crippen molar-refractivity contribution in [3.05, 3.63) is 68.7 Å². The fraction of sp³-hybridized carbons (Fsp3) is 0.440. The lowest BCUT2D eigenvalue weighted by Crippen LogP contribution is -2.49. The molecule has 0 fully saturated rings. The number of benzene rings is 2. The summed E-state index contributed by atoms with van der Waals surface area (Å²) in [6.45, 7) is 8.76. The second-order valence-corrected chi connectivity index (χ2v) is 8.71. The molecule has 0 radical (unpaired) electrons. The summed E-state index contributed by atoms with van der Waals surface area (Å²) in [6, 6.07) is 10.7. The Morgan fingerprint density at radius 3 is 2.35 bits per heavy atom. The van der Waals surface area contributed by atoms with Gasteiger partial charge < -0.3 is 10.2 Å². The normalized spacial score (nSPS) is 11.8. The van der Waals surface area contributed by atoms with E-state index in [2.05, 4.69) is 12.2 Å². The van der Waals surface area contributed by atoms with Gasteiger partial charge in [-0.15, -0.1) is 0 Å². The molecule has 31 heavy (non-hydrogen) atoms. The first-order chi connectivity index (χ1) is 14.8. The van der Waals surface area contributed by atoms with Gasteiger partial charge in [0.1, 0.15) is 6.04 Å². The smallest absolute Gasteiger partial charge is 0.242 e. The van der Waals surface area contributed by atoms with Crippen LogP contribution in [-0.2, 0) is 22.6 Å². The predicted molar refractivity (Wildman–Crippen MR) is 129 cm³/mol. The number of amides is 2. The highest BCUT2D eigenvalue weighted by Crippen LogP contribution is 2.27.